The summed E-state index contributed by atoms with van der Waals surface area (Å²) < 4.78 is 30.0. The van der Waals surface area contributed by atoms with Crippen LogP contribution in [0.5, 0.6) is 0 Å². The highest BCUT2D eigenvalue weighted by atomic mass is 32.1. The molecule has 0 bridgehead atoms. The molecule has 0 atom stereocenters. The van der Waals surface area contributed by atoms with Crippen molar-refractivity contribution in [2.24, 2.45) is 0 Å². The lowest BCUT2D eigenvalue weighted by Gasteiger charge is -2.01. The molecule has 0 saturated heterocycles. The molecule has 4 nitrogen and oxygen atoms in total. The Kier molecular flexibility index (Phi) is 4.42. The van der Waals surface area contributed by atoms with Crippen LogP contribution in [0.25, 0.3) is 10.6 Å². The van der Waals surface area contributed by atoms with E-state index in [1.54, 1.807) is 6.07 Å². The average molecular weight is 311 g/mol. The molecule has 2 rings (SSSR count). The lowest BCUT2D eigenvalue weighted by atomic mass is 10.1. The van der Waals surface area contributed by atoms with E-state index in [9.17, 15) is 18.4 Å². The van der Waals surface area contributed by atoms with Crippen LogP contribution in [-0.4, -0.2) is 23.8 Å². The number of halogens is 2. The zero-order chi connectivity index (χ0) is 15.6. The molecule has 110 valence electrons. The number of aromatic nitrogens is 1. The number of carbonyl (C=O) groups is 2. The van der Waals surface area contributed by atoms with Crippen molar-refractivity contribution in [2.45, 2.75) is 13.3 Å². The zero-order valence-corrected chi connectivity index (χ0v) is 12.0. The van der Waals surface area contributed by atoms with Crippen molar-refractivity contribution in [2.75, 3.05) is 7.11 Å². The van der Waals surface area contributed by atoms with Crippen molar-refractivity contribution < 1.29 is 23.1 Å². The minimum absolute atomic E-state index is 0.0903. The van der Waals surface area contributed by atoms with Crippen molar-refractivity contribution >= 4 is 23.1 Å². The maximum Gasteiger partial charge on any atom is 0.358 e. The Hall–Kier alpha value is -2.15. The molecule has 0 aliphatic carbocycles. The van der Waals surface area contributed by atoms with Gasteiger partial charge in [-0.15, -0.1) is 11.3 Å². The molecule has 0 amide bonds. The van der Waals surface area contributed by atoms with Crippen LogP contribution in [0.3, 0.4) is 0 Å². The summed E-state index contributed by atoms with van der Waals surface area (Å²) in [7, 11) is 1.18. The number of Topliss-reactive ketones (excluding diaryl/α,β-unsaturated/α-hetero) is 1. The first kappa shape index (κ1) is 15.2. The van der Waals surface area contributed by atoms with Gasteiger partial charge in [0.15, 0.2) is 11.5 Å². The SMILES string of the molecule is COC(=O)c1nc(-c2cccc(C(F)F)c2)sc1C(C)=O. The molecule has 21 heavy (non-hydrogen) atoms. The van der Waals surface area contributed by atoms with E-state index < -0.39 is 12.4 Å². The van der Waals surface area contributed by atoms with E-state index in [1.165, 1.54) is 32.2 Å². The predicted molar refractivity (Wildman–Crippen MR) is 73.9 cm³/mol. The third-order valence-electron chi connectivity index (χ3n) is 2.71. The van der Waals surface area contributed by atoms with Crippen LogP contribution in [0, 0.1) is 0 Å². The van der Waals surface area contributed by atoms with Gasteiger partial charge in [-0.2, -0.15) is 0 Å². The molecule has 7 heteroatoms. The van der Waals surface area contributed by atoms with Crippen molar-refractivity contribution in [1.29, 1.82) is 0 Å². The van der Waals surface area contributed by atoms with Crippen LogP contribution < -0.4 is 0 Å². The fraction of sp³-hybridized carbons (Fsp3) is 0.214. The third-order valence-corrected chi connectivity index (χ3v) is 3.92. The number of ether oxygens (including phenoxy) is 1. The Bertz CT molecular complexity index is 697. The second-order valence-corrected chi connectivity index (χ2v) is 5.17. The average Bonchev–Trinajstić information content (AvgIpc) is 2.92. The van der Waals surface area contributed by atoms with E-state index in [1.807, 2.05) is 0 Å². The van der Waals surface area contributed by atoms with Gasteiger partial charge in [0, 0.05) is 18.1 Å². The molecule has 0 unspecified atom stereocenters. The Morgan fingerprint density at radius 1 is 1.33 bits per heavy atom. The van der Waals surface area contributed by atoms with E-state index in [-0.39, 0.29) is 21.9 Å². The summed E-state index contributed by atoms with van der Waals surface area (Å²) in [6.07, 6.45) is -2.60. The van der Waals surface area contributed by atoms with Crippen LogP contribution in [-0.2, 0) is 4.74 Å². The predicted octanol–water partition coefficient (Wildman–Crippen LogP) is 3.74. The Balaban J connectivity index is 2.52. The number of carbonyl (C=O) groups excluding carboxylic acids is 2. The highest BCUT2D eigenvalue weighted by Crippen LogP contribution is 2.31. The number of hydrogen-bond donors (Lipinski definition) is 0. The van der Waals surface area contributed by atoms with Crippen molar-refractivity contribution in [1.82, 2.24) is 4.98 Å². The molecule has 0 radical (unpaired) electrons. The molecule has 0 aliphatic rings. The first-order valence-corrected chi connectivity index (χ1v) is 6.74. The summed E-state index contributed by atoms with van der Waals surface area (Å²) >= 11 is 0.978. The molecular formula is C14H11F2NO3S. The fourth-order valence-electron chi connectivity index (χ4n) is 1.72. The van der Waals surface area contributed by atoms with E-state index >= 15 is 0 Å². The summed E-state index contributed by atoms with van der Waals surface area (Å²) in [5.41, 5.74) is 0.189. The lowest BCUT2D eigenvalue weighted by molar-refractivity contribution is 0.0591. The minimum atomic E-state index is -2.60. The Morgan fingerprint density at radius 3 is 2.62 bits per heavy atom. The van der Waals surface area contributed by atoms with Crippen molar-refractivity contribution in [3.8, 4) is 10.6 Å². The molecule has 1 heterocycles. The van der Waals surface area contributed by atoms with Crippen molar-refractivity contribution in [3.63, 3.8) is 0 Å². The van der Waals surface area contributed by atoms with E-state index in [0.717, 1.165) is 11.3 Å². The standard InChI is InChI=1S/C14H11F2NO3S/c1-7(18)11-10(14(19)20-2)17-13(21-11)9-5-3-4-8(6-9)12(15)16/h3-6,12H,1-2H3. The number of esters is 1. The topological polar surface area (TPSA) is 56.3 Å². The van der Waals surface area contributed by atoms with E-state index in [2.05, 4.69) is 9.72 Å². The minimum Gasteiger partial charge on any atom is -0.464 e. The maximum absolute atomic E-state index is 12.7. The Morgan fingerprint density at radius 2 is 2.05 bits per heavy atom. The molecule has 2 aromatic rings. The molecular weight excluding hydrogens is 300 g/mol. The molecule has 0 aliphatic heterocycles. The van der Waals surface area contributed by atoms with Gasteiger partial charge in [-0.25, -0.2) is 18.6 Å². The highest BCUT2D eigenvalue weighted by Gasteiger charge is 2.22. The number of alkyl halides is 2. The number of rotatable bonds is 4. The van der Waals surface area contributed by atoms with E-state index in [4.69, 9.17) is 0 Å². The van der Waals surface area contributed by atoms with Gasteiger partial charge in [-0.1, -0.05) is 18.2 Å². The quantitative estimate of drug-likeness (QED) is 0.637. The van der Waals surface area contributed by atoms with Gasteiger partial charge in [0.2, 0.25) is 0 Å². The normalized spacial score (nSPS) is 10.7. The number of methoxy groups -OCH3 is 1. The lowest BCUT2D eigenvalue weighted by Crippen LogP contribution is -2.06. The maximum atomic E-state index is 12.7. The summed E-state index contributed by atoms with van der Waals surface area (Å²) in [6, 6.07) is 5.66. The van der Waals surface area contributed by atoms with Crippen LogP contribution in [0.2, 0.25) is 0 Å². The molecule has 1 aromatic carbocycles. The number of nitrogens with zero attached hydrogens (tertiary/aromatic N) is 1. The smallest absolute Gasteiger partial charge is 0.358 e. The highest BCUT2D eigenvalue weighted by molar-refractivity contribution is 7.17. The second kappa shape index (κ2) is 6.09. The summed E-state index contributed by atoms with van der Waals surface area (Å²) in [4.78, 5) is 27.4. The van der Waals surface area contributed by atoms with Gasteiger partial charge in [0.1, 0.15) is 9.88 Å². The van der Waals surface area contributed by atoms with Gasteiger partial charge in [0.05, 0.1) is 7.11 Å². The van der Waals surface area contributed by atoms with Gasteiger partial charge < -0.3 is 4.74 Å². The van der Waals surface area contributed by atoms with Crippen molar-refractivity contribution in [3.05, 3.63) is 40.4 Å². The van der Waals surface area contributed by atoms with Gasteiger partial charge in [-0.3, -0.25) is 4.79 Å². The number of ketones is 1. The van der Waals surface area contributed by atoms with Crippen LogP contribution in [0.4, 0.5) is 8.78 Å². The van der Waals surface area contributed by atoms with Crippen LogP contribution in [0.1, 0.15) is 39.1 Å². The largest absolute Gasteiger partial charge is 0.464 e. The summed E-state index contributed by atoms with van der Waals surface area (Å²) in [5.74, 6) is -1.06. The molecule has 0 saturated carbocycles. The van der Waals surface area contributed by atoms with Gasteiger partial charge >= 0.3 is 5.97 Å². The van der Waals surface area contributed by atoms with Crippen LogP contribution in [0.15, 0.2) is 24.3 Å². The number of benzene rings is 1. The number of thiazole rings is 1. The van der Waals surface area contributed by atoms with Gasteiger partial charge in [0.25, 0.3) is 6.43 Å². The Labute approximate surface area is 123 Å². The molecule has 1 aromatic heterocycles. The summed E-state index contributed by atoms with van der Waals surface area (Å²) in [5, 5.41) is 0.322. The monoisotopic (exact) mass is 311 g/mol. The second-order valence-electron chi connectivity index (χ2n) is 4.17. The molecule has 0 fully saturated rings. The first-order chi connectivity index (χ1) is 9.93. The van der Waals surface area contributed by atoms with Crippen LogP contribution >= 0.6 is 11.3 Å². The number of hydrogen-bond acceptors (Lipinski definition) is 5. The third kappa shape index (κ3) is 3.13. The molecule has 0 spiro atoms. The zero-order valence-electron chi connectivity index (χ0n) is 11.2. The van der Waals surface area contributed by atoms with Gasteiger partial charge in [-0.05, 0) is 6.07 Å². The summed E-state index contributed by atoms with van der Waals surface area (Å²) in [6.45, 7) is 1.30. The first-order valence-electron chi connectivity index (χ1n) is 5.92. The van der Waals surface area contributed by atoms with E-state index in [0.29, 0.717) is 10.6 Å². The fourth-order valence-corrected chi connectivity index (χ4v) is 2.67. The molecule has 0 N–H and O–H groups in total.